The summed E-state index contributed by atoms with van der Waals surface area (Å²) < 4.78 is 1.22. The highest BCUT2D eigenvalue weighted by Gasteiger charge is 2.39. The Hall–Kier alpha value is 0.180. The fraction of sp³-hybridized carbons (Fsp3) is 0.625. The number of aryl methyl sites for hydroxylation is 2. The van der Waals surface area contributed by atoms with Crippen LogP contribution in [0.4, 0.5) is 0 Å². The van der Waals surface area contributed by atoms with Crippen LogP contribution in [0.25, 0.3) is 0 Å². The van der Waals surface area contributed by atoms with Crippen LogP contribution in [0.5, 0.6) is 0 Å². The van der Waals surface area contributed by atoms with Crippen molar-refractivity contribution in [1.82, 2.24) is 0 Å². The molecule has 18 heavy (non-hydrogen) atoms. The van der Waals surface area contributed by atoms with Gasteiger partial charge in [-0.2, -0.15) is 0 Å². The van der Waals surface area contributed by atoms with E-state index in [1.807, 2.05) is 0 Å². The molecule has 0 aromatic heterocycles. The molecule has 0 N–H and O–H groups in total. The van der Waals surface area contributed by atoms with Crippen molar-refractivity contribution in [3.05, 3.63) is 33.3 Å². The number of halogens is 2. The van der Waals surface area contributed by atoms with Gasteiger partial charge in [-0.3, -0.25) is 0 Å². The summed E-state index contributed by atoms with van der Waals surface area (Å²) in [6.45, 7) is 9.22. The van der Waals surface area contributed by atoms with Gasteiger partial charge in [-0.25, -0.2) is 0 Å². The second kappa shape index (κ2) is 5.28. The Morgan fingerprint density at radius 3 is 2.44 bits per heavy atom. The standard InChI is InChI=1S/C16H22Br2/c1-10-9-14(17)11(2)8-12(10)15(18)13-6-5-7-16(13,3)4/h8-9,13,15H,5-7H2,1-4H3. The van der Waals surface area contributed by atoms with Crippen LogP contribution in [0.2, 0.25) is 0 Å². The molecule has 1 aliphatic rings. The van der Waals surface area contributed by atoms with Gasteiger partial charge in [0.15, 0.2) is 0 Å². The monoisotopic (exact) mass is 372 g/mol. The second-order valence-electron chi connectivity index (χ2n) is 6.35. The predicted molar refractivity (Wildman–Crippen MR) is 86.4 cm³/mol. The average molecular weight is 374 g/mol. The molecule has 1 saturated carbocycles. The van der Waals surface area contributed by atoms with Gasteiger partial charge in [0.05, 0.1) is 0 Å². The molecule has 2 unspecified atom stereocenters. The summed E-state index contributed by atoms with van der Waals surface area (Å²) in [5, 5.41) is 0. The van der Waals surface area contributed by atoms with Gasteiger partial charge in [-0.1, -0.05) is 58.2 Å². The molecule has 1 aliphatic carbocycles. The molecule has 2 atom stereocenters. The van der Waals surface area contributed by atoms with Crippen LogP contribution < -0.4 is 0 Å². The Labute approximate surface area is 128 Å². The van der Waals surface area contributed by atoms with Crippen LogP contribution in [0.1, 0.15) is 54.6 Å². The van der Waals surface area contributed by atoms with Gasteiger partial charge in [-0.05, 0) is 60.8 Å². The molecule has 0 bridgehead atoms. The van der Waals surface area contributed by atoms with E-state index in [9.17, 15) is 0 Å². The maximum Gasteiger partial charge on any atom is 0.0431 e. The van der Waals surface area contributed by atoms with Crippen molar-refractivity contribution in [2.45, 2.75) is 51.8 Å². The van der Waals surface area contributed by atoms with E-state index >= 15 is 0 Å². The first-order chi connectivity index (χ1) is 8.33. The van der Waals surface area contributed by atoms with Gasteiger partial charge in [0.1, 0.15) is 0 Å². The normalized spacial score (nSPS) is 24.2. The minimum absolute atomic E-state index is 0.460. The molecular weight excluding hydrogens is 352 g/mol. The fourth-order valence-corrected chi connectivity index (χ4v) is 5.14. The minimum atomic E-state index is 0.460. The number of hydrogen-bond acceptors (Lipinski definition) is 0. The third kappa shape index (κ3) is 2.70. The van der Waals surface area contributed by atoms with Crippen molar-refractivity contribution in [3.63, 3.8) is 0 Å². The Morgan fingerprint density at radius 1 is 1.22 bits per heavy atom. The Kier molecular flexibility index (Phi) is 4.28. The largest absolute Gasteiger partial charge is 0.0835 e. The van der Waals surface area contributed by atoms with Crippen molar-refractivity contribution in [2.75, 3.05) is 0 Å². The minimum Gasteiger partial charge on any atom is -0.0835 e. The summed E-state index contributed by atoms with van der Waals surface area (Å²) in [5.74, 6) is 0.747. The fourth-order valence-electron chi connectivity index (χ4n) is 3.21. The molecule has 1 aromatic carbocycles. The van der Waals surface area contributed by atoms with Crippen LogP contribution in [0.3, 0.4) is 0 Å². The van der Waals surface area contributed by atoms with Crippen LogP contribution in [0, 0.1) is 25.2 Å². The summed E-state index contributed by atoms with van der Waals surface area (Å²) in [6, 6.07) is 4.59. The number of alkyl halides is 1. The molecule has 100 valence electrons. The molecule has 1 fully saturated rings. The van der Waals surface area contributed by atoms with Crippen molar-refractivity contribution in [3.8, 4) is 0 Å². The predicted octanol–water partition coefficient (Wildman–Crippen LogP) is 6.33. The van der Waals surface area contributed by atoms with E-state index in [0.29, 0.717) is 10.2 Å². The Bertz CT molecular complexity index is 449. The smallest absolute Gasteiger partial charge is 0.0431 e. The molecule has 0 heterocycles. The molecule has 0 radical (unpaired) electrons. The SMILES string of the molecule is Cc1cc(C(Br)C2CCCC2(C)C)c(C)cc1Br. The van der Waals surface area contributed by atoms with Gasteiger partial charge in [0, 0.05) is 9.30 Å². The maximum atomic E-state index is 3.98. The first-order valence-electron chi connectivity index (χ1n) is 6.73. The van der Waals surface area contributed by atoms with E-state index in [2.05, 4.69) is 71.7 Å². The first kappa shape index (κ1) is 14.6. The van der Waals surface area contributed by atoms with Crippen molar-refractivity contribution >= 4 is 31.9 Å². The van der Waals surface area contributed by atoms with E-state index < -0.39 is 0 Å². The number of hydrogen-bond donors (Lipinski definition) is 0. The summed E-state index contributed by atoms with van der Waals surface area (Å²) in [7, 11) is 0. The summed E-state index contributed by atoms with van der Waals surface area (Å²) in [6.07, 6.45) is 4.07. The summed E-state index contributed by atoms with van der Waals surface area (Å²) >= 11 is 7.60. The van der Waals surface area contributed by atoms with Crippen molar-refractivity contribution < 1.29 is 0 Å². The molecule has 0 aliphatic heterocycles. The molecule has 0 spiro atoms. The first-order valence-corrected chi connectivity index (χ1v) is 8.44. The maximum absolute atomic E-state index is 3.98. The second-order valence-corrected chi connectivity index (χ2v) is 8.19. The van der Waals surface area contributed by atoms with Crippen LogP contribution in [-0.4, -0.2) is 0 Å². The van der Waals surface area contributed by atoms with Gasteiger partial charge in [0.25, 0.3) is 0 Å². The topological polar surface area (TPSA) is 0 Å². The quantitative estimate of drug-likeness (QED) is 0.531. The molecule has 1 aromatic rings. The Morgan fingerprint density at radius 2 is 1.89 bits per heavy atom. The zero-order chi connectivity index (χ0) is 13.5. The van der Waals surface area contributed by atoms with Gasteiger partial charge < -0.3 is 0 Å². The summed E-state index contributed by atoms with van der Waals surface area (Å²) in [4.78, 5) is 0.488. The Balaban J connectivity index is 2.34. The van der Waals surface area contributed by atoms with Crippen molar-refractivity contribution in [2.24, 2.45) is 11.3 Å². The number of benzene rings is 1. The lowest BCUT2D eigenvalue weighted by atomic mass is 9.77. The average Bonchev–Trinajstić information content (AvgIpc) is 2.62. The number of rotatable bonds is 2. The third-order valence-electron chi connectivity index (χ3n) is 4.54. The molecule has 2 heteroatoms. The van der Waals surface area contributed by atoms with E-state index in [0.717, 1.165) is 5.92 Å². The van der Waals surface area contributed by atoms with E-state index in [1.54, 1.807) is 0 Å². The van der Waals surface area contributed by atoms with Crippen molar-refractivity contribution in [1.29, 1.82) is 0 Å². The van der Waals surface area contributed by atoms with Crippen LogP contribution >= 0.6 is 31.9 Å². The van der Waals surface area contributed by atoms with E-state index in [4.69, 9.17) is 0 Å². The molecule has 0 amide bonds. The molecule has 0 saturated heterocycles. The van der Waals surface area contributed by atoms with Gasteiger partial charge in [-0.15, -0.1) is 0 Å². The summed E-state index contributed by atoms with van der Waals surface area (Å²) in [5.41, 5.74) is 4.64. The van der Waals surface area contributed by atoms with E-state index in [-0.39, 0.29) is 0 Å². The molecule has 0 nitrogen and oxygen atoms in total. The zero-order valence-corrected chi connectivity index (χ0v) is 14.9. The highest BCUT2D eigenvalue weighted by molar-refractivity contribution is 9.10. The highest BCUT2D eigenvalue weighted by Crippen LogP contribution is 2.52. The zero-order valence-electron chi connectivity index (χ0n) is 11.7. The van der Waals surface area contributed by atoms with Gasteiger partial charge >= 0.3 is 0 Å². The lowest BCUT2D eigenvalue weighted by Crippen LogP contribution is -2.21. The van der Waals surface area contributed by atoms with E-state index in [1.165, 1.54) is 40.4 Å². The van der Waals surface area contributed by atoms with Gasteiger partial charge in [0.2, 0.25) is 0 Å². The third-order valence-corrected chi connectivity index (χ3v) is 6.52. The van der Waals surface area contributed by atoms with Crippen LogP contribution in [0.15, 0.2) is 16.6 Å². The van der Waals surface area contributed by atoms with Crippen LogP contribution in [-0.2, 0) is 0 Å². The lowest BCUT2D eigenvalue weighted by Gasteiger charge is -2.32. The lowest BCUT2D eigenvalue weighted by molar-refractivity contribution is 0.256. The molecular formula is C16H22Br2. The highest BCUT2D eigenvalue weighted by atomic mass is 79.9. The molecule has 2 rings (SSSR count).